The molecule has 0 aliphatic carbocycles. The number of nitrogens with zero attached hydrogens (tertiary/aromatic N) is 2. The Morgan fingerprint density at radius 1 is 1.50 bits per heavy atom. The van der Waals surface area contributed by atoms with E-state index in [0.717, 1.165) is 5.12 Å². The lowest BCUT2D eigenvalue weighted by Crippen LogP contribution is -2.45. The van der Waals surface area contributed by atoms with E-state index in [1.165, 1.54) is 11.9 Å². The fourth-order valence-corrected chi connectivity index (χ4v) is 0.282. The molecule has 0 aromatic heterocycles. The van der Waals surface area contributed by atoms with E-state index in [4.69, 9.17) is 5.84 Å². The monoisotopic (exact) mass is 117 g/mol. The summed E-state index contributed by atoms with van der Waals surface area (Å²) < 4.78 is 0. The van der Waals surface area contributed by atoms with Gasteiger partial charge in [-0.2, -0.15) is 0 Å². The van der Waals surface area contributed by atoms with Crippen LogP contribution in [0.4, 0.5) is 0 Å². The minimum absolute atomic E-state index is 0.171. The molecule has 48 valence electrons. The molecule has 0 saturated carbocycles. The van der Waals surface area contributed by atoms with Crippen molar-refractivity contribution in [2.45, 2.75) is 6.92 Å². The van der Waals surface area contributed by atoms with E-state index in [1.807, 2.05) is 0 Å². The first kappa shape index (κ1) is 7.39. The van der Waals surface area contributed by atoms with Crippen molar-refractivity contribution in [1.82, 2.24) is 10.1 Å². The fourth-order valence-electron chi connectivity index (χ4n) is 0.282. The topological polar surface area (TPSA) is 49.6 Å². The van der Waals surface area contributed by atoms with Crippen molar-refractivity contribution in [2.24, 2.45) is 5.84 Å². The molecule has 0 unspecified atom stereocenters. The van der Waals surface area contributed by atoms with Crippen LogP contribution in [-0.2, 0) is 4.79 Å². The summed E-state index contributed by atoms with van der Waals surface area (Å²) in [7, 11) is 3.39. The van der Waals surface area contributed by atoms with Gasteiger partial charge in [0.05, 0.1) is 0 Å². The maximum atomic E-state index is 10.3. The van der Waals surface area contributed by atoms with E-state index >= 15 is 0 Å². The Labute approximate surface area is 48.8 Å². The maximum Gasteiger partial charge on any atom is 0.248 e. The van der Waals surface area contributed by atoms with Gasteiger partial charge < -0.3 is 0 Å². The molecule has 0 rings (SSSR count). The second-order valence-electron chi connectivity index (χ2n) is 1.71. The van der Waals surface area contributed by atoms with Crippen molar-refractivity contribution in [2.75, 3.05) is 14.1 Å². The average molecular weight is 117 g/mol. The molecule has 8 heavy (non-hydrogen) atoms. The number of carbonyl (C=O) groups excluding carboxylic acids is 1. The molecule has 4 heteroatoms. The molecule has 0 saturated heterocycles. The zero-order chi connectivity index (χ0) is 6.73. The minimum atomic E-state index is -0.171. The minimum Gasteiger partial charge on any atom is -0.272 e. The summed E-state index contributed by atoms with van der Waals surface area (Å²) in [6.07, 6.45) is 0. The highest BCUT2D eigenvalue weighted by molar-refractivity contribution is 5.71. The normalized spacial score (nSPS) is 9.62. The predicted octanol–water partition coefficient (Wildman–Crippen LogP) is -0.815. The van der Waals surface area contributed by atoms with Crippen LogP contribution in [0, 0.1) is 0 Å². The third-order valence-electron chi connectivity index (χ3n) is 0.754. The lowest BCUT2D eigenvalue weighted by Gasteiger charge is -2.20. The number of nitrogens with two attached hydrogens (primary N) is 1. The van der Waals surface area contributed by atoms with Crippen LogP contribution in [-0.4, -0.2) is 30.1 Å². The van der Waals surface area contributed by atoms with Crippen LogP contribution in [0.15, 0.2) is 0 Å². The first-order valence-electron chi connectivity index (χ1n) is 2.28. The molecule has 0 atom stereocenters. The number of hydrogen-bond donors (Lipinski definition) is 1. The van der Waals surface area contributed by atoms with E-state index in [-0.39, 0.29) is 5.91 Å². The standard InChI is InChI=1S/C4H11N3O/c1-4(8)7(5)6(2)3/h5H2,1-3H3. The lowest BCUT2D eigenvalue weighted by molar-refractivity contribution is -0.142. The average Bonchev–Trinajstić information content (AvgIpc) is 1.64. The molecule has 0 aliphatic heterocycles. The lowest BCUT2D eigenvalue weighted by atomic mass is 10.7. The molecular formula is C4H11N3O. The third kappa shape index (κ3) is 1.90. The van der Waals surface area contributed by atoms with E-state index in [9.17, 15) is 4.79 Å². The largest absolute Gasteiger partial charge is 0.272 e. The van der Waals surface area contributed by atoms with Gasteiger partial charge in [0.1, 0.15) is 0 Å². The van der Waals surface area contributed by atoms with E-state index < -0.39 is 0 Å². The highest BCUT2D eigenvalue weighted by Crippen LogP contribution is 1.79. The first-order valence-corrected chi connectivity index (χ1v) is 2.28. The predicted molar refractivity (Wildman–Crippen MR) is 30.4 cm³/mol. The molecule has 0 bridgehead atoms. The van der Waals surface area contributed by atoms with Gasteiger partial charge in [-0.25, -0.2) is 16.0 Å². The van der Waals surface area contributed by atoms with Gasteiger partial charge in [0, 0.05) is 21.0 Å². The van der Waals surface area contributed by atoms with Crippen LogP contribution in [0.25, 0.3) is 0 Å². The van der Waals surface area contributed by atoms with Gasteiger partial charge >= 0.3 is 0 Å². The summed E-state index contributed by atoms with van der Waals surface area (Å²) >= 11 is 0. The Morgan fingerprint density at radius 2 is 1.88 bits per heavy atom. The summed E-state index contributed by atoms with van der Waals surface area (Å²) in [6, 6.07) is 0. The van der Waals surface area contributed by atoms with Crippen LogP contribution >= 0.6 is 0 Å². The molecule has 0 aliphatic rings. The first-order chi connectivity index (χ1) is 3.55. The second-order valence-corrected chi connectivity index (χ2v) is 1.71. The highest BCUT2D eigenvalue weighted by Gasteiger charge is 2.02. The summed E-state index contributed by atoms with van der Waals surface area (Å²) in [5.41, 5.74) is 0. The highest BCUT2D eigenvalue weighted by atomic mass is 16.2. The van der Waals surface area contributed by atoms with Gasteiger partial charge in [0.15, 0.2) is 0 Å². The van der Waals surface area contributed by atoms with E-state index in [0.29, 0.717) is 0 Å². The Morgan fingerprint density at radius 3 is 1.88 bits per heavy atom. The summed E-state index contributed by atoms with van der Waals surface area (Å²) in [5, 5.41) is 2.53. The quantitative estimate of drug-likeness (QED) is 0.277. The van der Waals surface area contributed by atoms with E-state index in [1.54, 1.807) is 14.1 Å². The Kier molecular flexibility index (Phi) is 2.44. The van der Waals surface area contributed by atoms with Gasteiger partial charge in [-0.1, -0.05) is 0 Å². The molecule has 0 fully saturated rings. The smallest absolute Gasteiger partial charge is 0.248 e. The second kappa shape index (κ2) is 2.64. The van der Waals surface area contributed by atoms with Crippen LogP contribution in [0.1, 0.15) is 6.92 Å². The van der Waals surface area contributed by atoms with Crippen molar-refractivity contribution in [3.63, 3.8) is 0 Å². The molecule has 4 nitrogen and oxygen atoms in total. The number of hydrogen-bond acceptors (Lipinski definition) is 3. The maximum absolute atomic E-state index is 10.3. The van der Waals surface area contributed by atoms with Gasteiger partial charge in [-0.3, -0.25) is 4.79 Å². The van der Waals surface area contributed by atoms with Crippen molar-refractivity contribution < 1.29 is 4.79 Å². The molecule has 0 aromatic rings. The van der Waals surface area contributed by atoms with Gasteiger partial charge in [0.25, 0.3) is 0 Å². The molecule has 0 heterocycles. The van der Waals surface area contributed by atoms with Gasteiger partial charge in [-0.15, -0.1) is 0 Å². The number of hydrazine groups is 2. The van der Waals surface area contributed by atoms with Crippen LogP contribution < -0.4 is 5.84 Å². The van der Waals surface area contributed by atoms with Gasteiger partial charge in [0.2, 0.25) is 5.91 Å². The Bertz CT molecular complexity index is 91.3. The summed E-state index contributed by atoms with van der Waals surface area (Å²) in [5.74, 6) is 5.00. The van der Waals surface area contributed by atoms with Crippen molar-refractivity contribution >= 4 is 5.91 Å². The van der Waals surface area contributed by atoms with Crippen LogP contribution in [0.5, 0.6) is 0 Å². The molecule has 1 amide bonds. The molecule has 0 aromatic carbocycles. The molecule has 0 spiro atoms. The van der Waals surface area contributed by atoms with E-state index in [2.05, 4.69) is 0 Å². The Hall–Kier alpha value is -0.610. The number of rotatable bonds is 1. The van der Waals surface area contributed by atoms with Crippen LogP contribution in [0.2, 0.25) is 0 Å². The van der Waals surface area contributed by atoms with Crippen molar-refractivity contribution in [1.29, 1.82) is 0 Å². The van der Waals surface area contributed by atoms with Crippen molar-refractivity contribution in [3.05, 3.63) is 0 Å². The SMILES string of the molecule is CC(=O)N(N)N(C)C. The molecular weight excluding hydrogens is 106 g/mol. The fraction of sp³-hybridized carbons (Fsp3) is 0.750. The van der Waals surface area contributed by atoms with Crippen molar-refractivity contribution in [3.8, 4) is 0 Å². The van der Waals surface area contributed by atoms with Gasteiger partial charge in [-0.05, 0) is 0 Å². The number of amides is 1. The zero-order valence-electron chi connectivity index (χ0n) is 5.38. The Balaban J connectivity index is 3.64. The summed E-state index contributed by atoms with van der Waals surface area (Å²) in [6.45, 7) is 1.40. The molecule has 0 radical (unpaired) electrons. The number of carbonyl (C=O) groups is 1. The molecule has 2 N–H and O–H groups in total. The zero-order valence-corrected chi connectivity index (χ0v) is 5.38. The summed E-state index contributed by atoms with van der Waals surface area (Å²) in [4.78, 5) is 10.3. The third-order valence-corrected chi connectivity index (χ3v) is 0.754. The van der Waals surface area contributed by atoms with Crippen LogP contribution in [0.3, 0.4) is 0 Å².